The standard InChI is InChI=1S/C14H19ClN2O/c1-16-7-8-17(2)13(10-16)14(18)9-11-3-5-12(15)6-4-11/h3-6,13H,7-10H2,1-2H3. The van der Waals surface area contributed by atoms with Gasteiger partial charge in [0.15, 0.2) is 5.78 Å². The largest absolute Gasteiger partial charge is 0.303 e. The number of hydrogen-bond donors (Lipinski definition) is 0. The van der Waals surface area contributed by atoms with Crippen LogP contribution in [-0.2, 0) is 11.2 Å². The van der Waals surface area contributed by atoms with Crippen LogP contribution in [0, 0.1) is 0 Å². The molecule has 1 unspecified atom stereocenters. The fraction of sp³-hybridized carbons (Fsp3) is 0.500. The number of hydrogen-bond acceptors (Lipinski definition) is 3. The first-order chi connectivity index (χ1) is 8.56. The number of Topliss-reactive ketones (excluding diaryl/α,β-unsaturated/α-hetero) is 1. The quantitative estimate of drug-likeness (QED) is 0.832. The summed E-state index contributed by atoms with van der Waals surface area (Å²) in [6.07, 6.45) is 0.486. The molecule has 1 aliphatic rings. The van der Waals surface area contributed by atoms with Crippen molar-refractivity contribution in [1.82, 2.24) is 9.80 Å². The van der Waals surface area contributed by atoms with Crippen molar-refractivity contribution < 1.29 is 4.79 Å². The first-order valence-corrected chi connectivity index (χ1v) is 6.60. The van der Waals surface area contributed by atoms with E-state index in [4.69, 9.17) is 11.6 Å². The van der Waals surface area contributed by atoms with Crippen LogP contribution in [0.15, 0.2) is 24.3 Å². The van der Waals surface area contributed by atoms with Gasteiger partial charge in [-0.15, -0.1) is 0 Å². The molecule has 0 saturated carbocycles. The van der Waals surface area contributed by atoms with Crippen molar-refractivity contribution in [2.24, 2.45) is 0 Å². The number of carbonyl (C=O) groups excluding carboxylic acids is 1. The Kier molecular flexibility index (Phi) is 4.38. The molecule has 1 aliphatic heterocycles. The van der Waals surface area contributed by atoms with Gasteiger partial charge in [0, 0.05) is 31.1 Å². The Morgan fingerprint density at radius 2 is 1.94 bits per heavy atom. The highest BCUT2D eigenvalue weighted by atomic mass is 35.5. The van der Waals surface area contributed by atoms with E-state index < -0.39 is 0 Å². The number of rotatable bonds is 3. The Hall–Kier alpha value is -0.900. The topological polar surface area (TPSA) is 23.6 Å². The minimum Gasteiger partial charge on any atom is -0.303 e. The van der Waals surface area contributed by atoms with Gasteiger partial charge in [0.25, 0.3) is 0 Å². The van der Waals surface area contributed by atoms with Gasteiger partial charge in [-0.3, -0.25) is 9.69 Å². The smallest absolute Gasteiger partial charge is 0.155 e. The summed E-state index contributed by atoms with van der Waals surface area (Å²) >= 11 is 5.84. The zero-order chi connectivity index (χ0) is 13.1. The highest BCUT2D eigenvalue weighted by Crippen LogP contribution is 2.13. The predicted molar refractivity (Wildman–Crippen MR) is 74.1 cm³/mol. The highest BCUT2D eigenvalue weighted by molar-refractivity contribution is 6.30. The molecule has 1 atom stereocenters. The lowest BCUT2D eigenvalue weighted by atomic mass is 10.0. The highest BCUT2D eigenvalue weighted by Gasteiger charge is 2.27. The van der Waals surface area contributed by atoms with Gasteiger partial charge in [0.05, 0.1) is 6.04 Å². The summed E-state index contributed by atoms with van der Waals surface area (Å²) in [4.78, 5) is 16.7. The molecule has 1 aromatic rings. The van der Waals surface area contributed by atoms with Gasteiger partial charge in [-0.2, -0.15) is 0 Å². The van der Waals surface area contributed by atoms with Gasteiger partial charge in [-0.1, -0.05) is 23.7 Å². The van der Waals surface area contributed by atoms with Crippen LogP contribution < -0.4 is 0 Å². The van der Waals surface area contributed by atoms with Crippen molar-refractivity contribution >= 4 is 17.4 Å². The molecule has 3 nitrogen and oxygen atoms in total. The maximum absolute atomic E-state index is 12.3. The molecular formula is C14H19ClN2O. The predicted octanol–water partition coefficient (Wildman–Crippen LogP) is 1.70. The summed E-state index contributed by atoms with van der Waals surface area (Å²) in [6.45, 7) is 2.80. The average molecular weight is 267 g/mol. The fourth-order valence-electron chi connectivity index (χ4n) is 2.28. The van der Waals surface area contributed by atoms with Gasteiger partial charge in [0.1, 0.15) is 0 Å². The first kappa shape index (κ1) is 13.5. The summed E-state index contributed by atoms with van der Waals surface area (Å²) in [5.74, 6) is 0.284. The minimum atomic E-state index is 0.0134. The van der Waals surface area contributed by atoms with Gasteiger partial charge in [0.2, 0.25) is 0 Å². The van der Waals surface area contributed by atoms with E-state index in [1.807, 2.05) is 31.3 Å². The van der Waals surface area contributed by atoms with Crippen molar-refractivity contribution in [1.29, 1.82) is 0 Å². The number of halogens is 1. The third-order valence-corrected chi connectivity index (χ3v) is 3.77. The molecule has 1 fully saturated rings. The second kappa shape index (κ2) is 5.83. The molecule has 18 heavy (non-hydrogen) atoms. The van der Waals surface area contributed by atoms with Gasteiger partial charge >= 0.3 is 0 Å². The Bertz CT molecular complexity index is 418. The van der Waals surface area contributed by atoms with Crippen LogP contribution in [0.1, 0.15) is 5.56 Å². The minimum absolute atomic E-state index is 0.0134. The molecule has 4 heteroatoms. The number of benzene rings is 1. The zero-order valence-electron chi connectivity index (χ0n) is 10.9. The average Bonchev–Trinajstić information content (AvgIpc) is 2.35. The Morgan fingerprint density at radius 1 is 1.28 bits per heavy atom. The van der Waals surface area contributed by atoms with Crippen LogP contribution in [-0.4, -0.2) is 55.4 Å². The molecule has 0 N–H and O–H groups in total. The Balaban J connectivity index is 2.00. The molecule has 0 amide bonds. The number of carbonyl (C=O) groups is 1. The maximum Gasteiger partial charge on any atom is 0.155 e. The summed E-state index contributed by atoms with van der Waals surface area (Å²) in [5, 5.41) is 0.709. The molecule has 1 saturated heterocycles. The molecule has 0 aliphatic carbocycles. The number of piperazine rings is 1. The molecule has 1 aromatic carbocycles. The van der Waals surface area contributed by atoms with Crippen LogP contribution in [0.2, 0.25) is 5.02 Å². The molecule has 2 rings (SSSR count). The fourth-order valence-corrected chi connectivity index (χ4v) is 2.41. The van der Waals surface area contributed by atoms with Gasteiger partial charge < -0.3 is 4.90 Å². The van der Waals surface area contributed by atoms with Crippen molar-refractivity contribution in [3.63, 3.8) is 0 Å². The van der Waals surface area contributed by atoms with E-state index in [0.29, 0.717) is 11.4 Å². The number of ketones is 1. The zero-order valence-corrected chi connectivity index (χ0v) is 11.7. The molecule has 0 radical (unpaired) electrons. The molecule has 0 spiro atoms. The third-order valence-electron chi connectivity index (χ3n) is 3.51. The SMILES string of the molecule is CN1CCN(C)C(C(=O)Cc2ccc(Cl)cc2)C1. The number of nitrogens with zero attached hydrogens (tertiary/aromatic N) is 2. The van der Waals surface area contributed by atoms with E-state index in [9.17, 15) is 4.79 Å². The van der Waals surface area contributed by atoms with Crippen molar-refractivity contribution in [2.75, 3.05) is 33.7 Å². The van der Waals surface area contributed by atoms with Crippen LogP contribution in [0.3, 0.4) is 0 Å². The van der Waals surface area contributed by atoms with Crippen LogP contribution in [0.5, 0.6) is 0 Å². The number of likely N-dealkylation sites (N-methyl/N-ethyl adjacent to an activating group) is 2. The molecule has 0 aromatic heterocycles. The van der Waals surface area contributed by atoms with E-state index in [2.05, 4.69) is 16.8 Å². The van der Waals surface area contributed by atoms with E-state index in [1.165, 1.54) is 0 Å². The van der Waals surface area contributed by atoms with Crippen molar-refractivity contribution in [3.8, 4) is 0 Å². The normalized spacial score (nSPS) is 22.1. The second-order valence-electron chi connectivity index (χ2n) is 5.03. The summed E-state index contributed by atoms with van der Waals surface area (Å²) in [5.41, 5.74) is 1.03. The monoisotopic (exact) mass is 266 g/mol. The summed E-state index contributed by atoms with van der Waals surface area (Å²) < 4.78 is 0. The van der Waals surface area contributed by atoms with Crippen LogP contribution in [0.25, 0.3) is 0 Å². The first-order valence-electron chi connectivity index (χ1n) is 6.22. The molecule has 1 heterocycles. The maximum atomic E-state index is 12.3. The van der Waals surface area contributed by atoms with E-state index in [-0.39, 0.29) is 11.8 Å². The lowest BCUT2D eigenvalue weighted by molar-refractivity contribution is -0.125. The van der Waals surface area contributed by atoms with Crippen molar-refractivity contribution in [2.45, 2.75) is 12.5 Å². The van der Waals surface area contributed by atoms with Gasteiger partial charge in [-0.25, -0.2) is 0 Å². The molecular weight excluding hydrogens is 248 g/mol. The van der Waals surface area contributed by atoms with Gasteiger partial charge in [-0.05, 0) is 31.8 Å². The van der Waals surface area contributed by atoms with E-state index in [0.717, 1.165) is 25.2 Å². The third kappa shape index (κ3) is 3.31. The Labute approximate surface area is 113 Å². The summed E-state index contributed by atoms with van der Waals surface area (Å²) in [7, 11) is 4.09. The molecule has 98 valence electrons. The van der Waals surface area contributed by atoms with Crippen LogP contribution >= 0.6 is 11.6 Å². The van der Waals surface area contributed by atoms with Crippen LogP contribution in [0.4, 0.5) is 0 Å². The molecule has 0 bridgehead atoms. The van der Waals surface area contributed by atoms with E-state index in [1.54, 1.807) is 0 Å². The van der Waals surface area contributed by atoms with Crippen molar-refractivity contribution in [3.05, 3.63) is 34.9 Å². The van der Waals surface area contributed by atoms with E-state index >= 15 is 0 Å². The second-order valence-corrected chi connectivity index (χ2v) is 5.46. The Morgan fingerprint density at radius 3 is 2.61 bits per heavy atom. The lowest BCUT2D eigenvalue weighted by Crippen LogP contribution is -2.53. The summed E-state index contributed by atoms with van der Waals surface area (Å²) in [6, 6.07) is 7.53. The lowest BCUT2D eigenvalue weighted by Gasteiger charge is -2.36.